The number of ketones is 1. The SMILES string of the molecule is CCCCCCCCCCCCCCCCCC(=O)C(O)CN. The van der Waals surface area contributed by atoms with Gasteiger partial charge in [0.05, 0.1) is 0 Å². The first-order valence-corrected chi connectivity index (χ1v) is 10.1. The van der Waals surface area contributed by atoms with Crippen LogP contribution in [-0.4, -0.2) is 23.5 Å². The Labute approximate surface area is 144 Å². The van der Waals surface area contributed by atoms with Gasteiger partial charge in [-0.2, -0.15) is 0 Å². The van der Waals surface area contributed by atoms with Crippen LogP contribution in [0.4, 0.5) is 0 Å². The van der Waals surface area contributed by atoms with E-state index in [9.17, 15) is 9.90 Å². The Morgan fingerprint density at radius 3 is 1.43 bits per heavy atom. The lowest BCUT2D eigenvalue weighted by molar-refractivity contribution is -0.126. The van der Waals surface area contributed by atoms with Crippen molar-refractivity contribution in [2.24, 2.45) is 5.73 Å². The lowest BCUT2D eigenvalue weighted by Gasteiger charge is -2.06. The Morgan fingerprint density at radius 2 is 1.09 bits per heavy atom. The molecule has 0 aliphatic heterocycles. The summed E-state index contributed by atoms with van der Waals surface area (Å²) in [6.45, 7) is 2.32. The summed E-state index contributed by atoms with van der Waals surface area (Å²) >= 11 is 0. The van der Waals surface area contributed by atoms with Crippen LogP contribution in [0.15, 0.2) is 0 Å². The fourth-order valence-corrected chi connectivity index (χ4v) is 2.97. The van der Waals surface area contributed by atoms with Crippen molar-refractivity contribution in [1.29, 1.82) is 0 Å². The van der Waals surface area contributed by atoms with Crippen molar-refractivity contribution in [3.8, 4) is 0 Å². The highest BCUT2D eigenvalue weighted by atomic mass is 16.3. The maximum Gasteiger partial charge on any atom is 0.162 e. The predicted octanol–water partition coefficient (Wildman–Crippen LogP) is 5.14. The van der Waals surface area contributed by atoms with Gasteiger partial charge in [-0.05, 0) is 6.42 Å². The monoisotopic (exact) mass is 327 g/mol. The number of nitrogens with two attached hydrogens (primary N) is 1. The zero-order valence-electron chi connectivity index (χ0n) is 15.5. The molecule has 0 radical (unpaired) electrons. The normalized spacial score (nSPS) is 12.5. The number of unbranched alkanes of at least 4 members (excludes halogenated alkanes) is 14. The first kappa shape index (κ1) is 22.6. The Hall–Kier alpha value is -0.410. The third-order valence-electron chi connectivity index (χ3n) is 4.62. The summed E-state index contributed by atoms with van der Waals surface area (Å²) in [6, 6.07) is 0. The Balaban J connectivity index is 3.09. The third kappa shape index (κ3) is 16.2. The van der Waals surface area contributed by atoms with Crippen LogP contribution < -0.4 is 5.73 Å². The van der Waals surface area contributed by atoms with Gasteiger partial charge >= 0.3 is 0 Å². The summed E-state index contributed by atoms with van der Waals surface area (Å²) < 4.78 is 0. The fourth-order valence-electron chi connectivity index (χ4n) is 2.97. The molecule has 0 heterocycles. The molecule has 0 aliphatic rings. The van der Waals surface area contributed by atoms with Gasteiger partial charge in [-0.15, -0.1) is 0 Å². The molecule has 0 rings (SSSR count). The average Bonchev–Trinajstić information content (AvgIpc) is 2.57. The van der Waals surface area contributed by atoms with E-state index in [-0.39, 0.29) is 12.3 Å². The second kappa shape index (κ2) is 17.9. The zero-order valence-corrected chi connectivity index (χ0v) is 15.5. The van der Waals surface area contributed by atoms with Crippen LogP contribution in [0.5, 0.6) is 0 Å². The number of aliphatic hydroxyl groups excluding tert-OH is 1. The minimum atomic E-state index is -0.943. The molecule has 0 saturated carbocycles. The van der Waals surface area contributed by atoms with E-state index in [2.05, 4.69) is 6.92 Å². The van der Waals surface area contributed by atoms with Crippen molar-refractivity contribution in [2.45, 2.75) is 116 Å². The highest BCUT2D eigenvalue weighted by Gasteiger charge is 2.11. The van der Waals surface area contributed by atoms with Crippen LogP contribution >= 0.6 is 0 Å². The van der Waals surface area contributed by atoms with Crippen molar-refractivity contribution in [2.75, 3.05) is 6.54 Å². The van der Waals surface area contributed by atoms with Crippen molar-refractivity contribution in [1.82, 2.24) is 0 Å². The molecule has 0 spiro atoms. The van der Waals surface area contributed by atoms with Crippen molar-refractivity contribution >= 4 is 5.78 Å². The number of carbonyl (C=O) groups excluding carboxylic acids is 1. The molecule has 1 atom stereocenters. The first-order valence-electron chi connectivity index (χ1n) is 10.1. The largest absolute Gasteiger partial charge is 0.384 e. The van der Waals surface area contributed by atoms with Crippen LogP contribution in [-0.2, 0) is 4.79 Å². The van der Waals surface area contributed by atoms with E-state index >= 15 is 0 Å². The Kier molecular flexibility index (Phi) is 17.6. The summed E-state index contributed by atoms with van der Waals surface area (Å²) in [7, 11) is 0. The Morgan fingerprint density at radius 1 is 0.739 bits per heavy atom. The quantitative estimate of drug-likeness (QED) is 0.343. The molecule has 0 bridgehead atoms. The molecule has 3 N–H and O–H groups in total. The molecular formula is C20H41NO2. The highest BCUT2D eigenvalue weighted by molar-refractivity contribution is 5.82. The maximum absolute atomic E-state index is 11.4. The minimum absolute atomic E-state index is 0.0531. The summed E-state index contributed by atoms with van der Waals surface area (Å²) in [5, 5.41) is 9.27. The van der Waals surface area contributed by atoms with Gasteiger partial charge in [-0.3, -0.25) is 4.79 Å². The van der Waals surface area contributed by atoms with Crippen LogP contribution in [0.2, 0.25) is 0 Å². The lowest BCUT2D eigenvalue weighted by Crippen LogP contribution is -2.28. The van der Waals surface area contributed by atoms with Crippen molar-refractivity contribution in [3.63, 3.8) is 0 Å². The molecule has 3 nitrogen and oxygen atoms in total. The van der Waals surface area contributed by atoms with Gasteiger partial charge in [0.15, 0.2) is 5.78 Å². The Bertz CT molecular complexity index is 256. The molecule has 138 valence electrons. The van der Waals surface area contributed by atoms with Crippen molar-refractivity contribution in [3.05, 3.63) is 0 Å². The molecule has 0 aromatic carbocycles. The van der Waals surface area contributed by atoms with Gasteiger partial charge in [-0.25, -0.2) is 0 Å². The van der Waals surface area contributed by atoms with Crippen LogP contribution in [0.3, 0.4) is 0 Å². The fraction of sp³-hybridized carbons (Fsp3) is 0.950. The van der Waals surface area contributed by atoms with E-state index < -0.39 is 6.10 Å². The van der Waals surface area contributed by atoms with Gasteiger partial charge in [0, 0.05) is 13.0 Å². The lowest BCUT2D eigenvalue weighted by atomic mass is 10.0. The first-order chi connectivity index (χ1) is 11.2. The molecule has 23 heavy (non-hydrogen) atoms. The van der Waals surface area contributed by atoms with E-state index in [0.717, 1.165) is 12.8 Å². The molecule has 0 aliphatic carbocycles. The summed E-state index contributed by atoms with van der Waals surface area (Å²) in [5.74, 6) is -0.0952. The topological polar surface area (TPSA) is 63.3 Å². The van der Waals surface area contributed by atoms with E-state index in [1.54, 1.807) is 0 Å². The number of rotatable bonds is 18. The number of Topliss-reactive ketones (excluding diaryl/α,β-unsaturated/α-hetero) is 1. The molecule has 0 fully saturated rings. The third-order valence-corrected chi connectivity index (χ3v) is 4.62. The van der Waals surface area contributed by atoms with E-state index in [4.69, 9.17) is 5.73 Å². The summed E-state index contributed by atoms with van der Waals surface area (Å²) in [6.07, 6.45) is 19.4. The number of aliphatic hydroxyl groups is 1. The number of hydrogen-bond acceptors (Lipinski definition) is 3. The number of hydrogen-bond donors (Lipinski definition) is 2. The van der Waals surface area contributed by atoms with E-state index in [0.29, 0.717) is 6.42 Å². The smallest absolute Gasteiger partial charge is 0.162 e. The van der Waals surface area contributed by atoms with Gasteiger partial charge in [-0.1, -0.05) is 96.8 Å². The van der Waals surface area contributed by atoms with Crippen LogP contribution in [0.1, 0.15) is 110 Å². The second-order valence-corrected chi connectivity index (χ2v) is 6.92. The molecule has 0 aromatic heterocycles. The zero-order chi connectivity index (χ0) is 17.2. The molecule has 0 aromatic rings. The predicted molar refractivity (Wildman–Crippen MR) is 99.6 cm³/mol. The van der Waals surface area contributed by atoms with Gasteiger partial charge in [0.2, 0.25) is 0 Å². The molecule has 1 unspecified atom stereocenters. The molecule has 0 amide bonds. The van der Waals surface area contributed by atoms with Crippen LogP contribution in [0, 0.1) is 0 Å². The summed E-state index contributed by atoms with van der Waals surface area (Å²) in [5.41, 5.74) is 5.26. The van der Waals surface area contributed by atoms with Gasteiger partial charge in [0.1, 0.15) is 6.10 Å². The standard InChI is InChI=1S/C20H41NO2/c1-2-3-4-5-6-7-8-9-10-11-12-13-14-15-16-17-19(22)20(23)18-21/h20,23H,2-18,21H2,1H3. The number of carbonyl (C=O) groups is 1. The molecule has 0 saturated heterocycles. The average molecular weight is 328 g/mol. The molecular weight excluding hydrogens is 286 g/mol. The molecule has 3 heteroatoms. The van der Waals surface area contributed by atoms with Gasteiger partial charge < -0.3 is 10.8 Å². The van der Waals surface area contributed by atoms with Crippen LogP contribution in [0.25, 0.3) is 0 Å². The maximum atomic E-state index is 11.4. The van der Waals surface area contributed by atoms with Crippen molar-refractivity contribution < 1.29 is 9.90 Å². The highest BCUT2D eigenvalue weighted by Crippen LogP contribution is 2.13. The summed E-state index contributed by atoms with van der Waals surface area (Å²) in [4.78, 5) is 11.4. The van der Waals surface area contributed by atoms with E-state index in [1.165, 1.54) is 83.5 Å². The second-order valence-electron chi connectivity index (χ2n) is 6.92. The minimum Gasteiger partial charge on any atom is -0.384 e. The van der Waals surface area contributed by atoms with Gasteiger partial charge in [0.25, 0.3) is 0 Å². The van der Waals surface area contributed by atoms with E-state index in [1.807, 2.05) is 0 Å².